The predicted molar refractivity (Wildman–Crippen MR) is 125 cm³/mol. The van der Waals surface area contributed by atoms with Crippen LogP contribution in [0.1, 0.15) is 29.9 Å². The number of ether oxygens (including phenoxy) is 2. The van der Waals surface area contributed by atoms with Gasteiger partial charge in [-0.1, -0.05) is 60.7 Å². The van der Waals surface area contributed by atoms with Gasteiger partial charge in [0, 0.05) is 26.1 Å². The van der Waals surface area contributed by atoms with E-state index in [-0.39, 0.29) is 31.6 Å². The number of alkyl carbamates (subject to hydrolysis) is 1. The first-order valence-electron chi connectivity index (χ1n) is 11.3. The fourth-order valence-electron chi connectivity index (χ4n) is 4.56. The van der Waals surface area contributed by atoms with E-state index in [1.54, 1.807) is 12.2 Å². The number of aliphatic carboxylic acids is 1. The van der Waals surface area contributed by atoms with Crippen LogP contribution >= 0.6 is 0 Å². The molecule has 0 saturated carbocycles. The molecular formula is C26H28N2O6. The van der Waals surface area contributed by atoms with Gasteiger partial charge in [-0.25, -0.2) is 9.59 Å². The molecule has 3 N–H and O–H groups in total. The Labute approximate surface area is 198 Å². The first-order valence-corrected chi connectivity index (χ1v) is 11.3. The number of carbonyl (C=O) groups is 3. The van der Waals surface area contributed by atoms with E-state index < -0.39 is 29.9 Å². The van der Waals surface area contributed by atoms with Gasteiger partial charge in [-0.15, -0.1) is 0 Å². The number of rotatable bonds is 9. The molecule has 2 amide bonds. The van der Waals surface area contributed by atoms with Gasteiger partial charge >= 0.3 is 12.1 Å². The molecule has 3 unspecified atom stereocenters. The smallest absolute Gasteiger partial charge is 0.407 e. The minimum absolute atomic E-state index is 0.0316. The van der Waals surface area contributed by atoms with Crippen molar-refractivity contribution in [2.24, 2.45) is 5.92 Å². The Morgan fingerprint density at radius 2 is 1.68 bits per heavy atom. The van der Waals surface area contributed by atoms with Crippen molar-refractivity contribution in [2.75, 3.05) is 20.3 Å². The summed E-state index contributed by atoms with van der Waals surface area (Å²) in [7, 11) is 1.47. The molecule has 2 aromatic carbocycles. The van der Waals surface area contributed by atoms with Gasteiger partial charge in [0.25, 0.3) is 0 Å². The molecule has 0 fully saturated rings. The molecule has 0 saturated heterocycles. The Kier molecular flexibility index (Phi) is 7.27. The lowest BCUT2D eigenvalue weighted by Gasteiger charge is -2.18. The third kappa shape index (κ3) is 5.12. The van der Waals surface area contributed by atoms with Crippen LogP contribution in [0.2, 0.25) is 0 Å². The second-order valence-electron chi connectivity index (χ2n) is 8.48. The maximum Gasteiger partial charge on any atom is 0.407 e. The second kappa shape index (κ2) is 10.5. The molecular weight excluding hydrogens is 436 g/mol. The lowest BCUT2D eigenvalue weighted by molar-refractivity contribution is -0.142. The molecule has 2 aliphatic rings. The summed E-state index contributed by atoms with van der Waals surface area (Å²) in [5.74, 6) is -2.06. The minimum atomic E-state index is -1.11. The van der Waals surface area contributed by atoms with Gasteiger partial charge in [0.2, 0.25) is 5.91 Å². The summed E-state index contributed by atoms with van der Waals surface area (Å²) < 4.78 is 10.5. The lowest BCUT2D eigenvalue weighted by Crippen LogP contribution is -2.44. The summed E-state index contributed by atoms with van der Waals surface area (Å²) in [5.41, 5.74) is 4.58. The van der Waals surface area contributed by atoms with E-state index in [0.717, 1.165) is 22.3 Å². The number of methoxy groups -OCH3 is 1. The second-order valence-corrected chi connectivity index (χ2v) is 8.48. The van der Waals surface area contributed by atoms with Crippen molar-refractivity contribution in [1.29, 1.82) is 0 Å². The number of carbonyl (C=O) groups excluding carboxylic acids is 2. The van der Waals surface area contributed by atoms with Gasteiger partial charge in [0.05, 0.1) is 12.0 Å². The Balaban J connectivity index is 1.28. The number of nitrogens with one attached hydrogen (secondary N) is 2. The van der Waals surface area contributed by atoms with E-state index >= 15 is 0 Å². The predicted octanol–water partition coefficient (Wildman–Crippen LogP) is 3.08. The summed E-state index contributed by atoms with van der Waals surface area (Å²) in [4.78, 5) is 36.3. The first kappa shape index (κ1) is 23.5. The van der Waals surface area contributed by atoms with Gasteiger partial charge in [-0.3, -0.25) is 4.79 Å². The van der Waals surface area contributed by atoms with Crippen LogP contribution in [0.3, 0.4) is 0 Å². The quantitative estimate of drug-likeness (QED) is 0.492. The lowest BCUT2D eigenvalue weighted by atomic mass is 9.98. The van der Waals surface area contributed by atoms with E-state index in [0.29, 0.717) is 6.42 Å². The van der Waals surface area contributed by atoms with Crippen LogP contribution in [-0.4, -0.2) is 55.5 Å². The molecule has 8 heteroatoms. The summed E-state index contributed by atoms with van der Waals surface area (Å²) in [5, 5.41) is 14.6. The number of fused-ring (bicyclic) bond motifs is 3. The van der Waals surface area contributed by atoms with E-state index in [2.05, 4.69) is 34.9 Å². The van der Waals surface area contributed by atoms with Gasteiger partial charge in [-0.2, -0.15) is 0 Å². The van der Waals surface area contributed by atoms with Crippen molar-refractivity contribution >= 4 is 18.0 Å². The number of amides is 2. The highest BCUT2D eigenvalue weighted by molar-refractivity contribution is 5.86. The van der Waals surface area contributed by atoms with E-state index in [9.17, 15) is 19.5 Å². The maximum atomic E-state index is 12.5. The molecule has 4 rings (SSSR count). The molecule has 3 atom stereocenters. The van der Waals surface area contributed by atoms with Gasteiger partial charge < -0.3 is 25.2 Å². The third-order valence-corrected chi connectivity index (χ3v) is 6.29. The van der Waals surface area contributed by atoms with Crippen LogP contribution in [0, 0.1) is 5.92 Å². The number of benzene rings is 2. The molecule has 2 aromatic rings. The first-order chi connectivity index (χ1) is 16.5. The van der Waals surface area contributed by atoms with Crippen molar-refractivity contribution in [3.05, 3.63) is 71.8 Å². The van der Waals surface area contributed by atoms with E-state index in [1.165, 1.54) is 7.11 Å². The fourth-order valence-corrected chi connectivity index (χ4v) is 4.56. The van der Waals surface area contributed by atoms with E-state index in [4.69, 9.17) is 9.47 Å². The average molecular weight is 465 g/mol. The molecule has 178 valence electrons. The highest BCUT2D eigenvalue weighted by Gasteiger charge is 2.31. The van der Waals surface area contributed by atoms with Gasteiger partial charge in [0.1, 0.15) is 12.6 Å². The Bertz CT molecular complexity index is 1050. The highest BCUT2D eigenvalue weighted by atomic mass is 16.5. The molecule has 0 aromatic heterocycles. The maximum absolute atomic E-state index is 12.5. The zero-order chi connectivity index (χ0) is 24.1. The molecule has 0 heterocycles. The van der Waals surface area contributed by atoms with Crippen molar-refractivity contribution in [1.82, 2.24) is 10.6 Å². The SMILES string of the molecule is COCCC(NC(=O)C1C=CC(NC(=O)OCC2c3ccccc3-c3ccccc32)C1)C(=O)O. The molecule has 2 aliphatic carbocycles. The van der Waals surface area contributed by atoms with Crippen LogP contribution in [0.5, 0.6) is 0 Å². The van der Waals surface area contributed by atoms with Crippen LogP contribution in [0.4, 0.5) is 4.79 Å². The van der Waals surface area contributed by atoms with Crippen LogP contribution in [0.25, 0.3) is 11.1 Å². The molecule has 34 heavy (non-hydrogen) atoms. The van der Waals surface area contributed by atoms with E-state index in [1.807, 2.05) is 24.3 Å². The Hall–Kier alpha value is -3.65. The van der Waals surface area contributed by atoms with Crippen LogP contribution < -0.4 is 10.6 Å². The van der Waals surface area contributed by atoms with Gasteiger partial charge in [-0.05, 0) is 28.7 Å². The molecule has 0 bridgehead atoms. The van der Waals surface area contributed by atoms with Crippen molar-refractivity contribution in [2.45, 2.75) is 30.8 Å². The van der Waals surface area contributed by atoms with Gasteiger partial charge in [0.15, 0.2) is 0 Å². The summed E-state index contributed by atoms with van der Waals surface area (Å²) in [6.07, 6.45) is 3.37. The number of hydrogen-bond donors (Lipinski definition) is 3. The fraction of sp³-hybridized carbons (Fsp3) is 0.346. The van der Waals surface area contributed by atoms with Crippen molar-refractivity contribution < 1.29 is 29.0 Å². The summed E-state index contributed by atoms with van der Waals surface area (Å²) in [6, 6.07) is 14.8. The standard InChI is InChI=1S/C26H28N2O6/c1-33-13-12-23(25(30)31)28-24(29)16-10-11-17(14-16)27-26(32)34-15-22-20-8-4-2-6-18(20)19-7-3-5-9-21(19)22/h2-11,16-17,22-23H,12-15H2,1H3,(H,27,32)(H,28,29)(H,30,31). The topological polar surface area (TPSA) is 114 Å². The molecule has 0 aliphatic heterocycles. The molecule has 8 nitrogen and oxygen atoms in total. The van der Waals surface area contributed by atoms with Crippen LogP contribution in [-0.2, 0) is 19.1 Å². The third-order valence-electron chi connectivity index (χ3n) is 6.29. The Morgan fingerprint density at radius 3 is 2.29 bits per heavy atom. The average Bonchev–Trinajstić information content (AvgIpc) is 3.43. The van der Waals surface area contributed by atoms with Crippen molar-refractivity contribution in [3.63, 3.8) is 0 Å². The molecule has 0 radical (unpaired) electrons. The summed E-state index contributed by atoms with van der Waals surface area (Å²) >= 11 is 0. The number of hydrogen-bond acceptors (Lipinski definition) is 5. The monoisotopic (exact) mass is 464 g/mol. The zero-order valence-electron chi connectivity index (χ0n) is 18.9. The highest BCUT2D eigenvalue weighted by Crippen LogP contribution is 2.44. The largest absolute Gasteiger partial charge is 0.480 e. The summed E-state index contributed by atoms with van der Waals surface area (Å²) in [6.45, 7) is 0.434. The zero-order valence-corrected chi connectivity index (χ0v) is 18.9. The normalized spacial score (nSPS) is 19.2. The molecule has 0 spiro atoms. The Morgan fingerprint density at radius 1 is 1.03 bits per heavy atom. The minimum Gasteiger partial charge on any atom is -0.480 e. The number of carboxylic acids is 1. The number of carboxylic acid groups (broad SMARTS) is 1. The van der Waals surface area contributed by atoms with Crippen molar-refractivity contribution in [3.8, 4) is 11.1 Å². The van der Waals surface area contributed by atoms with Crippen LogP contribution in [0.15, 0.2) is 60.7 Å².